The smallest absolute Gasteiger partial charge is 0.224 e. The molecule has 0 bridgehead atoms. The van der Waals surface area contributed by atoms with Gasteiger partial charge in [-0.15, -0.1) is 0 Å². The van der Waals surface area contributed by atoms with Crippen molar-refractivity contribution in [2.75, 3.05) is 10.6 Å². The summed E-state index contributed by atoms with van der Waals surface area (Å²) in [6, 6.07) is 9.14. The third-order valence-corrected chi connectivity index (χ3v) is 3.67. The predicted molar refractivity (Wildman–Crippen MR) is 93.7 cm³/mol. The summed E-state index contributed by atoms with van der Waals surface area (Å²) < 4.78 is 26.8. The van der Waals surface area contributed by atoms with Gasteiger partial charge in [-0.1, -0.05) is 12.1 Å². The van der Waals surface area contributed by atoms with E-state index in [1.165, 1.54) is 6.92 Å². The molecule has 0 atom stereocenters. The average Bonchev–Trinajstić information content (AvgIpc) is 3.00. The van der Waals surface area contributed by atoms with Crippen LogP contribution in [0.1, 0.15) is 19.2 Å². The van der Waals surface area contributed by atoms with Crippen LogP contribution in [0.25, 0.3) is 11.0 Å². The summed E-state index contributed by atoms with van der Waals surface area (Å²) in [5, 5.41) is 4.85. The molecule has 2 amide bonds. The molecule has 0 aliphatic rings. The maximum Gasteiger partial charge on any atom is 0.224 e. The molecule has 3 N–H and O–H groups in total. The molecule has 2 aromatic carbocycles. The second-order valence-corrected chi connectivity index (χ2v) is 5.74. The highest BCUT2D eigenvalue weighted by Crippen LogP contribution is 2.25. The molecule has 1 aromatic heterocycles. The lowest BCUT2D eigenvalue weighted by atomic mass is 10.2. The zero-order chi connectivity index (χ0) is 18.7. The van der Waals surface area contributed by atoms with E-state index in [-0.39, 0.29) is 17.8 Å². The molecule has 0 saturated heterocycles. The van der Waals surface area contributed by atoms with E-state index in [1.54, 1.807) is 0 Å². The van der Waals surface area contributed by atoms with Gasteiger partial charge in [-0.2, -0.15) is 0 Å². The Morgan fingerprint density at radius 3 is 2.38 bits per heavy atom. The highest BCUT2D eigenvalue weighted by atomic mass is 19.2. The van der Waals surface area contributed by atoms with E-state index in [9.17, 15) is 18.4 Å². The molecule has 0 radical (unpaired) electrons. The molecule has 1 heterocycles. The van der Waals surface area contributed by atoms with E-state index >= 15 is 0 Å². The lowest BCUT2D eigenvalue weighted by Crippen LogP contribution is -2.16. The van der Waals surface area contributed by atoms with Crippen molar-refractivity contribution in [2.45, 2.75) is 19.8 Å². The average molecular weight is 358 g/mol. The molecule has 3 rings (SSSR count). The number of para-hydroxylation sites is 2. The van der Waals surface area contributed by atoms with Crippen LogP contribution >= 0.6 is 0 Å². The normalized spacial score (nSPS) is 10.7. The van der Waals surface area contributed by atoms with Gasteiger partial charge in [0, 0.05) is 31.9 Å². The van der Waals surface area contributed by atoms with Crippen molar-refractivity contribution in [2.24, 2.45) is 0 Å². The number of anilines is 2. The summed E-state index contributed by atoms with van der Waals surface area (Å²) in [5.41, 5.74) is 1.66. The second kappa shape index (κ2) is 7.30. The van der Waals surface area contributed by atoms with Gasteiger partial charge in [-0.05, 0) is 12.1 Å². The number of aromatic amines is 1. The molecule has 0 unspecified atom stereocenters. The fraction of sp³-hybridized carbons (Fsp3) is 0.167. The molecular formula is C18H16F2N4O2. The van der Waals surface area contributed by atoms with Gasteiger partial charge >= 0.3 is 0 Å². The molecule has 0 saturated carbocycles. The summed E-state index contributed by atoms with van der Waals surface area (Å²) in [5.74, 6) is -2.47. The zero-order valence-electron chi connectivity index (χ0n) is 13.9. The predicted octanol–water partition coefficient (Wildman–Crippen LogP) is 3.37. The Kier molecular flexibility index (Phi) is 4.92. The lowest BCUT2D eigenvalue weighted by molar-refractivity contribution is -0.116. The van der Waals surface area contributed by atoms with Crippen molar-refractivity contribution in [3.05, 3.63) is 53.9 Å². The van der Waals surface area contributed by atoms with Crippen molar-refractivity contribution < 1.29 is 18.4 Å². The first kappa shape index (κ1) is 17.5. The summed E-state index contributed by atoms with van der Waals surface area (Å²) in [6.45, 7) is 1.23. The van der Waals surface area contributed by atoms with Crippen molar-refractivity contribution in [1.82, 2.24) is 9.97 Å². The minimum atomic E-state index is -1.12. The lowest BCUT2D eigenvalue weighted by Gasteiger charge is -2.12. The van der Waals surface area contributed by atoms with Gasteiger partial charge in [0.15, 0.2) is 11.6 Å². The molecule has 134 valence electrons. The number of fused-ring (bicyclic) bond motifs is 1. The van der Waals surface area contributed by atoms with Crippen LogP contribution in [0.5, 0.6) is 0 Å². The first-order valence-electron chi connectivity index (χ1n) is 7.92. The Morgan fingerprint density at radius 2 is 1.73 bits per heavy atom. The first-order chi connectivity index (χ1) is 12.4. The Balaban J connectivity index is 1.69. The monoisotopic (exact) mass is 358 g/mol. The molecular weight excluding hydrogens is 342 g/mol. The van der Waals surface area contributed by atoms with Gasteiger partial charge in [-0.25, -0.2) is 13.8 Å². The number of halogens is 2. The van der Waals surface area contributed by atoms with Gasteiger partial charge in [0.05, 0.1) is 22.4 Å². The quantitative estimate of drug-likeness (QED) is 0.653. The maximum absolute atomic E-state index is 13.5. The number of benzene rings is 2. The van der Waals surface area contributed by atoms with E-state index in [1.807, 2.05) is 24.3 Å². The van der Waals surface area contributed by atoms with Crippen LogP contribution in [-0.4, -0.2) is 21.8 Å². The largest absolute Gasteiger partial charge is 0.342 e. The number of H-pyrrole nitrogens is 1. The number of rotatable bonds is 5. The van der Waals surface area contributed by atoms with Crippen LogP contribution in [0.3, 0.4) is 0 Å². The van der Waals surface area contributed by atoms with Crippen LogP contribution < -0.4 is 10.6 Å². The molecule has 26 heavy (non-hydrogen) atoms. The van der Waals surface area contributed by atoms with E-state index in [0.717, 1.165) is 23.2 Å². The van der Waals surface area contributed by atoms with Crippen LogP contribution in [0.4, 0.5) is 20.2 Å². The van der Waals surface area contributed by atoms with Crippen LogP contribution in [0.15, 0.2) is 36.4 Å². The number of hydrogen-bond donors (Lipinski definition) is 3. The fourth-order valence-corrected chi connectivity index (χ4v) is 2.51. The number of aromatic nitrogens is 2. The Hall–Kier alpha value is -3.29. The number of carbonyl (C=O) groups is 2. The summed E-state index contributed by atoms with van der Waals surface area (Å²) in [4.78, 5) is 30.8. The minimum Gasteiger partial charge on any atom is -0.342 e. The Labute approximate surface area is 147 Å². The number of amides is 2. The van der Waals surface area contributed by atoms with Gasteiger partial charge in [-0.3, -0.25) is 9.59 Å². The van der Waals surface area contributed by atoms with Crippen molar-refractivity contribution in [3.63, 3.8) is 0 Å². The van der Waals surface area contributed by atoms with E-state index in [4.69, 9.17) is 0 Å². The number of nitrogens with one attached hydrogen (secondary N) is 3. The third-order valence-electron chi connectivity index (χ3n) is 3.67. The molecule has 8 heteroatoms. The molecule has 0 aliphatic carbocycles. The Bertz CT molecular complexity index is 951. The van der Waals surface area contributed by atoms with Crippen molar-refractivity contribution >= 4 is 34.2 Å². The molecule has 3 aromatic rings. The summed E-state index contributed by atoms with van der Waals surface area (Å²) in [6.07, 6.45) is 0.429. The molecule has 6 nitrogen and oxygen atoms in total. The molecule has 0 fully saturated rings. The van der Waals surface area contributed by atoms with Gasteiger partial charge in [0.1, 0.15) is 5.82 Å². The second-order valence-electron chi connectivity index (χ2n) is 5.74. The van der Waals surface area contributed by atoms with Gasteiger partial charge < -0.3 is 15.6 Å². The minimum absolute atomic E-state index is 0.00583. The maximum atomic E-state index is 13.5. The number of imidazole rings is 1. The first-order valence-corrected chi connectivity index (χ1v) is 7.92. The van der Waals surface area contributed by atoms with Crippen molar-refractivity contribution in [3.8, 4) is 0 Å². The highest BCUT2D eigenvalue weighted by molar-refractivity contribution is 5.98. The number of aryl methyl sites for hydroxylation is 1. The van der Waals surface area contributed by atoms with E-state index in [2.05, 4.69) is 20.6 Å². The van der Waals surface area contributed by atoms with Crippen LogP contribution in [-0.2, 0) is 16.0 Å². The number of carbonyl (C=O) groups excluding carboxylic acids is 2. The number of nitrogens with zero attached hydrogens (tertiary/aromatic N) is 1. The molecule has 0 spiro atoms. The summed E-state index contributed by atoms with van der Waals surface area (Å²) >= 11 is 0. The third kappa shape index (κ3) is 4.02. The fourth-order valence-electron chi connectivity index (χ4n) is 2.51. The standard InChI is InChI=1S/C18H16F2N4O2/c1-10(25)21-15-8-11(19)12(20)9-16(15)24-18(26)7-6-17-22-13-4-2-3-5-14(13)23-17/h2-5,8-9H,6-7H2,1H3,(H,21,25)(H,22,23)(H,24,26). The van der Waals surface area contributed by atoms with E-state index < -0.39 is 23.4 Å². The van der Waals surface area contributed by atoms with Crippen LogP contribution in [0.2, 0.25) is 0 Å². The van der Waals surface area contributed by atoms with E-state index in [0.29, 0.717) is 12.2 Å². The van der Waals surface area contributed by atoms with Gasteiger partial charge in [0.25, 0.3) is 0 Å². The van der Waals surface area contributed by atoms with Gasteiger partial charge in [0.2, 0.25) is 11.8 Å². The Morgan fingerprint density at radius 1 is 1.08 bits per heavy atom. The zero-order valence-corrected chi connectivity index (χ0v) is 13.9. The molecule has 0 aliphatic heterocycles. The van der Waals surface area contributed by atoms with Crippen molar-refractivity contribution in [1.29, 1.82) is 0 Å². The highest BCUT2D eigenvalue weighted by Gasteiger charge is 2.14. The SMILES string of the molecule is CC(=O)Nc1cc(F)c(F)cc1NC(=O)CCc1nc2ccccc2[nH]1. The topological polar surface area (TPSA) is 86.9 Å². The van der Waals surface area contributed by atoms with Crippen LogP contribution in [0, 0.1) is 11.6 Å². The summed E-state index contributed by atoms with van der Waals surface area (Å²) in [7, 11) is 0. The number of hydrogen-bond acceptors (Lipinski definition) is 3.